The van der Waals surface area contributed by atoms with Crippen LogP contribution in [0.2, 0.25) is 0 Å². The van der Waals surface area contributed by atoms with Crippen LogP contribution in [0.4, 0.5) is 20.4 Å². The maximum atomic E-state index is 13.3. The monoisotopic (exact) mass is 247 g/mol. The van der Waals surface area contributed by atoms with E-state index in [1.54, 1.807) is 11.8 Å². The average Bonchev–Trinajstić information content (AvgIpc) is 2.25. The summed E-state index contributed by atoms with van der Waals surface area (Å²) in [6.45, 7) is 1.98. The van der Waals surface area contributed by atoms with Crippen molar-refractivity contribution in [2.75, 3.05) is 23.1 Å². The number of nitrogens with one attached hydrogen (secondary N) is 1. The minimum absolute atomic E-state index is 0.0137. The number of pyridine rings is 1. The Balaban J connectivity index is 2.83. The highest BCUT2D eigenvalue weighted by Crippen LogP contribution is 2.18. The van der Waals surface area contributed by atoms with Crippen molar-refractivity contribution < 1.29 is 8.78 Å². The van der Waals surface area contributed by atoms with Gasteiger partial charge in [0.15, 0.2) is 23.3 Å². The predicted molar refractivity (Wildman–Crippen MR) is 64.6 cm³/mol. The van der Waals surface area contributed by atoms with Gasteiger partial charge in [0.05, 0.1) is 0 Å². The number of nitrogen functional groups attached to an aromatic ring is 1. The van der Waals surface area contributed by atoms with Gasteiger partial charge in [-0.1, -0.05) is 6.92 Å². The summed E-state index contributed by atoms with van der Waals surface area (Å²) in [7, 11) is 0. The molecule has 1 heterocycles. The number of hydrogen-bond acceptors (Lipinski definition) is 4. The number of thioether (sulfide) groups is 1. The first-order valence-electron chi connectivity index (χ1n) is 4.95. The normalized spacial score (nSPS) is 12.5. The van der Waals surface area contributed by atoms with Gasteiger partial charge in [0.2, 0.25) is 0 Å². The van der Waals surface area contributed by atoms with Crippen molar-refractivity contribution in [3.8, 4) is 0 Å². The van der Waals surface area contributed by atoms with Crippen LogP contribution in [-0.2, 0) is 0 Å². The maximum Gasteiger partial charge on any atom is 0.168 e. The second-order valence-electron chi connectivity index (χ2n) is 3.39. The molecule has 3 nitrogen and oxygen atoms in total. The number of hydrogen-bond donors (Lipinski definition) is 2. The van der Waals surface area contributed by atoms with E-state index < -0.39 is 11.6 Å². The molecule has 1 unspecified atom stereocenters. The molecule has 16 heavy (non-hydrogen) atoms. The molecule has 0 saturated carbocycles. The van der Waals surface area contributed by atoms with Crippen molar-refractivity contribution in [2.45, 2.75) is 19.4 Å². The van der Waals surface area contributed by atoms with Crippen LogP contribution in [0.5, 0.6) is 0 Å². The molecule has 0 aliphatic rings. The molecule has 0 radical (unpaired) electrons. The van der Waals surface area contributed by atoms with E-state index >= 15 is 0 Å². The van der Waals surface area contributed by atoms with Gasteiger partial charge in [0.25, 0.3) is 0 Å². The summed E-state index contributed by atoms with van der Waals surface area (Å²) in [5, 5.41) is 2.91. The molecule has 1 aromatic heterocycles. The molecule has 1 rings (SSSR count). The van der Waals surface area contributed by atoms with E-state index in [0.717, 1.165) is 18.2 Å². The van der Waals surface area contributed by atoms with Gasteiger partial charge in [-0.15, -0.1) is 0 Å². The van der Waals surface area contributed by atoms with Crippen molar-refractivity contribution in [1.29, 1.82) is 0 Å². The Morgan fingerprint density at radius 3 is 2.75 bits per heavy atom. The van der Waals surface area contributed by atoms with Crippen LogP contribution in [0.3, 0.4) is 0 Å². The molecule has 0 bridgehead atoms. The Kier molecular flexibility index (Phi) is 4.79. The van der Waals surface area contributed by atoms with Crippen LogP contribution in [0.25, 0.3) is 0 Å². The lowest BCUT2D eigenvalue weighted by atomic mass is 10.2. The van der Waals surface area contributed by atoms with Crippen LogP contribution >= 0.6 is 11.8 Å². The molecule has 1 atom stereocenters. The molecular formula is C10H15F2N3S. The summed E-state index contributed by atoms with van der Waals surface area (Å²) in [6, 6.07) is 0.845. The molecule has 0 aromatic carbocycles. The molecule has 0 spiro atoms. The summed E-state index contributed by atoms with van der Waals surface area (Å²) in [5.74, 6) is -0.996. The molecule has 0 fully saturated rings. The fraction of sp³-hybridized carbons (Fsp3) is 0.500. The highest BCUT2D eigenvalue weighted by Gasteiger charge is 2.13. The molecule has 1 aromatic rings. The van der Waals surface area contributed by atoms with Crippen molar-refractivity contribution in [2.24, 2.45) is 0 Å². The summed E-state index contributed by atoms with van der Waals surface area (Å²) >= 11 is 1.65. The van der Waals surface area contributed by atoms with Crippen LogP contribution in [0.1, 0.15) is 13.3 Å². The highest BCUT2D eigenvalue weighted by atomic mass is 32.2. The topological polar surface area (TPSA) is 50.9 Å². The van der Waals surface area contributed by atoms with Crippen LogP contribution in [0.15, 0.2) is 6.07 Å². The highest BCUT2D eigenvalue weighted by molar-refractivity contribution is 7.98. The molecule has 6 heteroatoms. The zero-order valence-electron chi connectivity index (χ0n) is 9.26. The number of nitrogens with zero attached hydrogens (tertiary/aromatic N) is 1. The van der Waals surface area contributed by atoms with E-state index in [-0.39, 0.29) is 17.7 Å². The quantitative estimate of drug-likeness (QED) is 0.839. The second-order valence-corrected chi connectivity index (χ2v) is 4.30. The first-order valence-corrected chi connectivity index (χ1v) is 6.34. The Labute approximate surface area is 97.8 Å². The zero-order chi connectivity index (χ0) is 12.1. The summed E-state index contributed by atoms with van der Waals surface area (Å²) in [6.07, 6.45) is 2.80. The number of rotatable bonds is 5. The van der Waals surface area contributed by atoms with Crippen LogP contribution in [0, 0.1) is 11.6 Å². The van der Waals surface area contributed by atoms with Crippen molar-refractivity contribution in [3.05, 3.63) is 17.7 Å². The van der Waals surface area contributed by atoms with Gasteiger partial charge < -0.3 is 11.1 Å². The molecule has 3 N–H and O–H groups in total. The number of aromatic nitrogens is 1. The van der Waals surface area contributed by atoms with Gasteiger partial charge in [0, 0.05) is 17.9 Å². The van der Waals surface area contributed by atoms with Gasteiger partial charge >= 0.3 is 0 Å². The van der Waals surface area contributed by atoms with Crippen LogP contribution < -0.4 is 11.1 Å². The third-order valence-electron chi connectivity index (χ3n) is 2.16. The van der Waals surface area contributed by atoms with E-state index in [1.165, 1.54) is 0 Å². The minimum atomic E-state index is -0.832. The summed E-state index contributed by atoms with van der Waals surface area (Å²) in [5.41, 5.74) is 5.28. The molecule has 0 saturated heterocycles. The van der Waals surface area contributed by atoms with Gasteiger partial charge in [-0.3, -0.25) is 0 Å². The number of anilines is 2. The first kappa shape index (κ1) is 13.0. The third-order valence-corrected chi connectivity index (χ3v) is 2.89. The van der Waals surface area contributed by atoms with Gasteiger partial charge in [-0.05, 0) is 12.7 Å². The Hall–Kier alpha value is -1.04. The summed E-state index contributed by atoms with van der Waals surface area (Å²) in [4.78, 5) is 3.65. The van der Waals surface area contributed by atoms with Gasteiger partial charge in [0.1, 0.15) is 0 Å². The van der Waals surface area contributed by atoms with E-state index in [4.69, 9.17) is 5.73 Å². The fourth-order valence-electron chi connectivity index (χ4n) is 1.24. The lowest BCUT2D eigenvalue weighted by molar-refractivity contribution is 0.577. The fourth-order valence-corrected chi connectivity index (χ4v) is 1.96. The third kappa shape index (κ3) is 3.23. The van der Waals surface area contributed by atoms with E-state index in [9.17, 15) is 8.78 Å². The van der Waals surface area contributed by atoms with Crippen LogP contribution in [-0.4, -0.2) is 23.0 Å². The number of nitrogens with two attached hydrogens (primary N) is 1. The SMILES string of the molecule is CCC(CSC)Nc1nc(N)c(F)cc1F. The first-order chi connectivity index (χ1) is 7.58. The standard InChI is InChI=1S/C10H15F2N3S/c1-3-6(5-16-2)14-10-8(12)4-7(11)9(13)15-10/h4,6H,3,5H2,1-2H3,(H3,13,14,15). The zero-order valence-corrected chi connectivity index (χ0v) is 10.1. The van der Waals surface area contributed by atoms with E-state index in [1.807, 2.05) is 13.2 Å². The Morgan fingerprint density at radius 1 is 1.50 bits per heavy atom. The van der Waals surface area contributed by atoms with Gasteiger partial charge in [-0.2, -0.15) is 11.8 Å². The van der Waals surface area contributed by atoms with Gasteiger partial charge in [-0.25, -0.2) is 13.8 Å². The van der Waals surface area contributed by atoms with Crippen molar-refractivity contribution in [3.63, 3.8) is 0 Å². The lowest BCUT2D eigenvalue weighted by Gasteiger charge is -2.17. The molecule has 0 aliphatic heterocycles. The maximum absolute atomic E-state index is 13.3. The van der Waals surface area contributed by atoms with E-state index in [0.29, 0.717) is 0 Å². The smallest absolute Gasteiger partial charge is 0.168 e. The second kappa shape index (κ2) is 5.89. The predicted octanol–water partition coefficient (Wildman–Crippen LogP) is 2.50. The van der Waals surface area contributed by atoms with E-state index in [2.05, 4.69) is 10.3 Å². The largest absolute Gasteiger partial charge is 0.381 e. The summed E-state index contributed by atoms with van der Waals surface area (Å²) < 4.78 is 26.2. The molecule has 90 valence electrons. The average molecular weight is 247 g/mol. The molecular weight excluding hydrogens is 232 g/mol. The molecule has 0 aliphatic carbocycles. The Morgan fingerprint density at radius 2 is 2.19 bits per heavy atom. The number of halogens is 2. The van der Waals surface area contributed by atoms with Crippen molar-refractivity contribution >= 4 is 23.4 Å². The molecule has 0 amide bonds. The minimum Gasteiger partial charge on any atom is -0.381 e. The lowest BCUT2D eigenvalue weighted by Crippen LogP contribution is -2.23. The van der Waals surface area contributed by atoms with Crippen molar-refractivity contribution in [1.82, 2.24) is 4.98 Å². The Bertz CT molecular complexity index is 360.